The van der Waals surface area contributed by atoms with Crippen molar-refractivity contribution in [2.75, 3.05) is 13.2 Å². The van der Waals surface area contributed by atoms with E-state index in [0.717, 1.165) is 49.5 Å². The summed E-state index contributed by atoms with van der Waals surface area (Å²) >= 11 is 0. The molecule has 0 aromatic rings. The highest BCUT2D eigenvalue weighted by Crippen LogP contribution is 2.78. The monoisotopic (exact) mass is 368 g/mol. The number of ether oxygens (including phenoxy) is 1. The largest absolute Gasteiger partial charge is 0.392 e. The standard InChI is InChI=1S/C24H32O3/c1-2-23-8-6-17-16-5-4-15(26)11-18(16)14(13-25)10-19(17)22(23)20-12-21(20)24(23)7-3-9-27-24/h3,7,16-17,19-22,25H,2,4-6,8-13H2,1H3/t16-,17?,19?,20?,21?,22?,23+,24+/m1/s1. The second-order valence-corrected chi connectivity index (χ2v) is 10.3. The molecule has 146 valence electrons. The summed E-state index contributed by atoms with van der Waals surface area (Å²) in [7, 11) is 0. The molecule has 0 aromatic heterocycles. The lowest BCUT2D eigenvalue weighted by Crippen LogP contribution is -2.56. The first kappa shape index (κ1) is 17.0. The van der Waals surface area contributed by atoms with Crippen LogP contribution in [0.2, 0.25) is 0 Å². The predicted molar refractivity (Wildman–Crippen MR) is 103 cm³/mol. The molecular weight excluding hydrogens is 336 g/mol. The zero-order chi connectivity index (χ0) is 18.4. The average molecular weight is 369 g/mol. The summed E-state index contributed by atoms with van der Waals surface area (Å²) < 4.78 is 6.56. The van der Waals surface area contributed by atoms with E-state index in [1.165, 1.54) is 36.8 Å². The fourth-order valence-corrected chi connectivity index (χ4v) is 8.97. The molecule has 1 aliphatic heterocycles. The molecule has 1 spiro atoms. The molecule has 0 bridgehead atoms. The number of carbonyl (C=O) groups is 1. The molecule has 1 N–H and O–H groups in total. The second kappa shape index (κ2) is 5.57. The molecule has 5 aliphatic carbocycles. The van der Waals surface area contributed by atoms with Gasteiger partial charge in [0.15, 0.2) is 0 Å². The number of aliphatic hydroxyl groups is 1. The minimum atomic E-state index is 0.00789. The summed E-state index contributed by atoms with van der Waals surface area (Å²) in [6.07, 6.45) is 13.3. The Morgan fingerprint density at radius 1 is 1.26 bits per heavy atom. The van der Waals surface area contributed by atoms with Crippen LogP contribution in [0, 0.1) is 40.9 Å². The van der Waals surface area contributed by atoms with E-state index >= 15 is 0 Å². The summed E-state index contributed by atoms with van der Waals surface area (Å²) in [5.41, 5.74) is 2.88. The molecule has 6 rings (SSSR count). The van der Waals surface area contributed by atoms with E-state index in [0.29, 0.717) is 29.5 Å². The zero-order valence-corrected chi connectivity index (χ0v) is 16.5. The maximum absolute atomic E-state index is 12.1. The Morgan fingerprint density at radius 2 is 2.15 bits per heavy atom. The van der Waals surface area contributed by atoms with Crippen LogP contribution in [0.5, 0.6) is 0 Å². The first-order chi connectivity index (χ1) is 13.1. The third kappa shape index (κ3) is 1.93. The van der Waals surface area contributed by atoms with Crippen molar-refractivity contribution in [3.8, 4) is 0 Å². The number of aliphatic hydroxyl groups excluding tert-OH is 1. The predicted octanol–water partition coefficient (Wildman–Crippen LogP) is 4.06. The number of hydrogen-bond donors (Lipinski definition) is 1. The van der Waals surface area contributed by atoms with Gasteiger partial charge < -0.3 is 9.84 Å². The van der Waals surface area contributed by atoms with Crippen molar-refractivity contribution >= 4 is 5.78 Å². The van der Waals surface area contributed by atoms with Gasteiger partial charge in [0.05, 0.1) is 18.8 Å². The van der Waals surface area contributed by atoms with Gasteiger partial charge in [0.2, 0.25) is 0 Å². The maximum atomic E-state index is 12.1. The van der Waals surface area contributed by atoms with Crippen molar-refractivity contribution in [1.29, 1.82) is 0 Å². The zero-order valence-electron chi connectivity index (χ0n) is 16.5. The molecule has 3 heteroatoms. The Hall–Kier alpha value is -0.930. The quantitative estimate of drug-likeness (QED) is 0.748. The van der Waals surface area contributed by atoms with E-state index in [9.17, 15) is 9.90 Å². The van der Waals surface area contributed by atoms with Gasteiger partial charge >= 0.3 is 0 Å². The van der Waals surface area contributed by atoms with Crippen LogP contribution in [0.1, 0.15) is 58.3 Å². The van der Waals surface area contributed by atoms with Gasteiger partial charge in [0, 0.05) is 18.3 Å². The molecule has 27 heavy (non-hydrogen) atoms. The van der Waals surface area contributed by atoms with Crippen molar-refractivity contribution in [1.82, 2.24) is 0 Å². The van der Waals surface area contributed by atoms with Crippen LogP contribution in [-0.2, 0) is 9.53 Å². The van der Waals surface area contributed by atoms with Crippen molar-refractivity contribution < 1.29 is 14.6 Å². The number of carbonyl (C=O) groups excluding carboxylic acids is 1. The highest BCUT2D eigenvalue weighted by Gasteiger charge is 2.77. The van der Waals surface area contributed by atoms with Crippen molar-refractivity contribution in [2.45, 2.75) is 63.9 Å². The van der Waals surface area contributed by atoms with Gasteiger partial charge in [0.1, 0.15) is 5.78 Å². The number of hydrogen-bond acceptors (Lipinski definition) is 3. The van der Waals surface area contributed by atoms with Crippen LogP contribution >= 0.6 is 0 Å². The third-order valence-corrected chi connectivity index (χ3v) is 9.83. The SMILES string of the molecule is CC[C@]12CCC3C(CC(CO)=C4CC(=O)CC[C@@H]43)C1C1CC1[C@@]21C=CCO1. The van der Waals surface area contributed by atoms with Crippen molar-refractivity contribution in [3.05, 3.63) is 23.3 Å². The Labute approximate surface area is 162 Å². The summed E-state index contributed by atoms with van der Waals surface area (Å²) in [5.74, 6) is 4.67. The normalized spacial score (nSPS) is 52.6. The Balaban J connectivity index is 1.43. The van der Waals surface area contributed by atoms with Gasteiger partial charge in [-0.2, -0.15) is 0 Å². The fraction of sp³-hybridized carbons (Fsp3) is 0.792. The number of fused-ring (bicyclic) bond motifs is 9. The highest BCUT2D eigenvalue weighted by atomic mass is 16.5. The van der Waals surface area contributed by atoms with Crippen LogP contribution in [0.15, 0.2) is 23.3 Å². The molecule has 0 aromatic carbocycles. The second-order valence-electron chi connectivity index (χ2n) is 10.3. The minimum absolute atomic E-state index is 0.00789. The smallest absolute Gasteiger partial charge is 0.136 e. The lowest BCUT2D eigenvalue weighted by molar-refractivity contribution is -0.141. The molecule has 3 nitrogen and oxygen atoms in total. The first-order valence-electron chi connectivity index (χ1n) is 11.3. The number of Topliss-reactive ketones (excluding diaryl/α,β-unsaturated/α-hetero) is 1. The van der Waals surface area contributed by atoms with E-state index in [2.05, 4.69) is 19.1 Å². The van der Waals surface area contributed by atoms with E-state index in [1.54, 1.807) is 0 Å². The van der Waals surface area contributed by atoms with Crippen LogP contribution in [-0.4, -0.2) is 29.7 Å². The van der Waals surface area contributed by atoms with Crippen LogP contribution in [0.25, 0.3) is 0 Å². The molecule has 0 amide bonds. The molecule has 4 fully saturated rings. The summed E-state index contributed by atoms with van der Waals surface area (Å²) in [6, 6.07) is 0. The Morgan fingerprint density at radius 3 is 2.89 bits per heavy atom. The average Bonchev–Trinajstić information content (AvgIpc) is 3.25. The molecule has 5 unspecified atom stereocenters. The lowest BCUT2D eigenvalue weighted by Gasteiger charge is -2.58. The first-order valence-corrected chi connectivity index (χ1v) is 11.3. The van der Waals surface area contributed by atoms with E-state index in [-0.39, 0.29) is 12.2 Å². The maximum Gasteiger partial charge on any atom is 0.136 e. The molecule has 6 aliphatic rings. The van der Waals surface area contributed by atoms with Gasteiger partial charge in [-0.15, -0.1) is 0 Å². The van der Waals surface area contributed by atoms with Crippen molar-refractivity contribution in [2.24, 2.45) is 40.9 Å². The summed E-state index contributed by atoms with van der Waals surface area (Å²) in [6.45, 7) is 3.35. The highest BCUT2D eigenvalue weighted by molar-refractivity contribution is 5.82. The molecule has 4 saturated carbocycles. The lowest BCUT2D eigenvalue weighted by atomic mass is 9.47. The van der Waals surface area contributed by atoms with Crippen LogP contribution < -0.4 is 0 Å². The Kier molecular flexibility index (Phi) is 3.50. The number of rotatable bonds is 2. The van der Waals surface area contributed by atoms with E-state index in [4.69, 9.17) is 4.74 Å². The molecule has 1 heterocycles. The Bertz CT molecular complexity index is 751. The topological polar surface area (TPSA) is 46.5 Å². The molecule has 8 atom stereocenters. The summed E-state index contributed by atoms with van der Waals surface area (Å²) in [4.78, 5) is 12.1. The minimum Gasteiger partial charge on any atom is -0.392 e. The van der Waals surface area contributed by atoms with E-state index < -0.39 is 0 Å². The third-order valence-electron chi connectivity index (χ3n) is 9.83. The number of ketones is 1. The van der Waals surface area contributed by atoms with Crippen molar-refractivity contribution in [3.63, 3.8) is 0 Å². The molecular formula is C24H32O3. The fourth-order valence-electron chi connectivity index (χ4n) is 8.97. The van der Waals surface area contributed by atoms with Crippen LogP contribution in [0.3, 0.4) is 0 Å². The molecule has 0 saturated heterocycles. The molecule has 0 radical (unpaired) electrons. The van der Waals surface area contributed by atoms with Gasteiger partial charge in [-0.1, -0.05) is 24.6 Å². The van der Waals surface area contributed by atoms with Gasteiger partial charge in [-0.25, -0.2) is 0 Å². The van der Waals surface area contributed by atoms with Crippen LogP contribution in [0.4, 0.5) is 0 Å². The summed E-state index contributed by atoms with van der Waals surface area (Å²) in [5, 5.41) is 10.1. The van der Waals surface area contributed by atoms with E-state index in [1.807, 2.05) is 0 Å². The number of allylic oxidation sites excluding steroid dienone is 1. The van der Waals surface area contributed by atoms with Gasteiger partial charge in [-0.05, 0) is 79.6 Å². The van der Waals surface area contributed by atoms with Gasteiger partial charge in [0.25, 0.3) is 0 Å². The van der Waals surface area contributed by atoms with Gasteiger partial charge in [-0.3, -0.25) is 4.79 Å².